The second-order valence-electron chi connectivity index (χ2n) is 46.0. The Morgan fingerprint density at radius 2 is 0.678 bits per heavy atom. The van der Waals surface area contributed by atoms with E-state index in [1.165, 1.54) is 235 Å². The number of piperidine rings is 3. The standard InChI is InChI=1S/C24H37N3O2.C18H33N3O.C17H33N3O.C14H26N2.C12H24N2.C11H22N2/c1-24(2,3)27-16-21-14-25(15-22(21)17-27)13-19-9-11-26(12-10-19)23(28)29-18-20-7-5-4-6-8-20;1-14(22)20-7-5-15(6-8-20)9-19-10-16-12-21(18(2,3)4)13-17(16)11-19;1-17(2,3)20-13-15-11-19(12-16(15)14-20)6-4-5-18-7-9-21-10-8-18;1-14(2,3)16-9-12-7-15(6-11-4-5-11)8-13(12)10-16;1-5-13-6-10-8-14(12(2,3)4)9-11(10)7-13;1-11(2,3)13-5-4-9-6-12-7-10(9)8-13/h4-8,19,21-22H,9-18H2,1-3H3;15-17H,5-13H2,1-4H3;15-16H,4-14H2,1-3H3;11-13H,4-10H2,1-3H3;10-11H,5-9H2,1-4H3;9-10,12H,4-8H2,1-3H3/t21-,22+;16-,17+;15-,16+;12-,13+;10-,11+;9-,10-/m.....0/s1. The van der Waals surface area contributed by atoms with E-state index >= 15 is 0 Å². The van der Waals surface area contributed by atoms with E-state index < -0.39 is 0 Å². The molecule has 0 radical (unpaired) electrons. The van der Waals surface area contributed by atoms with Crippen molar-refractivity contribution in [2.45, 2.75) is 230 Å². The summed E-state index contributed by atoms with van der Waals surface area (Å²) in [6, 6.07) is 9.91. The van der Waals surface area contributed by atoms with Crippen LogP contribution in [0.15, 0.2) is 30.3 Å². The number of carbonyl (C=O) groups is 2. The van der Waals surface area contributed by atoms with E-state index in [9.17, 15) is 9.59 Å². The zero-order valence-electron chi connectivity index (χ0n) is 77.7. The van der Waals surface area contributed by atoms with Crippen LogP contribution in [0.3, 0.4) is 0 Å². The van der Waals surface area contributed by atoms with E-state index in [-0.39, 0.29) is 12.0 Å². The van der Waals surface area contributed by atoms with Gasteiger partial charge in [-0.05, 0) is 310 Å². The molecule has 658 valence electrons. The lowest BCUT2D eigenvalue weighted by molar-refractivity contribution is -0.130. The van der Waals surface area contributed by atoms with Gasteiger partial charge < -0.3 is 49.1 Å². The molecule has 1 N–H and O–H groups in total. The summed E-state index contributed by atoms with van der Waals surface area (Å²) in [4.78, 5) is 59.7. The topological polar surface area (TPSA) is 110 Å². The van der Waals surface area contributed by atoms with Crippen molar-refractivity contribution < 1.29 is 19.1 Å². The molecule has 12 atom stereocenters. The molecule has 115 heavy (non-hydrogen) atoms. The van der Waals surface area contributed by atoms with Gasteiger partial charge in [-0.3, -0.25) is 39.1 Å². The van der Waals surface area contributed by atoms with Crippen molar-refractivity contribution >= 4 is 12.0 Å². The molecular formula is C96H175N15O4. The maximum Gasteiger partial charge on any atom is 0.410 e. The minimum absolute atomic E-state index is 0.162. The number of hydrogen-bond acceptors (Lipinski definition) is 17. The van der Waals surface area contributed by atoms with E-state index in [4.69, 9.17) is 9.47 Å². The lowest BCUT2D eigenvalue weighted by atomic mass is 9.86. The number of amides is 2. The summed E-state index contributed by atoms with van der Waals surface area (Å²) in [5.41, 5.74) is 3.15. The highest BCUT2D eigenvalue weighted by Crippen LogP contribution is 2.42. The average Bonchev–Trinajstić information content (AvgIpc) is 1.67. The molecule has 19 heteroatoms. The summed E-state index contributed by atoms with van der Waals surface area (Å²) < 4.78 is 10.9. The SMILES string of the molecule is CC(=O)N1CCC(CN2C[C@@H]3CN(C(C)(C)C)C[C@@H]3C2)CC1.CC(C)(C)N1CC[C@H]2CNC[C@H]2C1.CC(C)(C)N1C[C@H]2CN(CC3CC3)C[C@H]2C1.CC(C)(C)N1C[C@H]2CN(CC3CCN(C(=O)OCc4ccccc4)CC3)C[C@H]2C1.CC(C)(C)N1C[C@H]2CN(CCCN3CCOCC3)C[C@H]2C1.CCN1C[C@@H]2CN(C(C)(C)C)C[C@@H]2C1. The molecule has 19 nitrogen and oxygen atoms in total. The molecule has 15 aliphatic heterocycles. The number of hydrogen-bond donors (Lipinski definition) is 1. The second kappa shape index (κ2) is 39.9. The number of likely N-dealkylation sites (tertiary alicyclic amines) is 13. The molecule has 0 aromatic heterocycles. The number of benzene rings is 1. The first-order valence-corrected chi connectivity index (χ1v) is 47.7. The molecule has 15 heterocycles. The zero-order chi connectivity index (χ0) is 82.4. The predicted molar refractivity (Wildman–Crippen MR) is 476 cm³/mol. The van der Waals surface area contributed by atoms with Crippen molar-refractivity contribution in [3.63, 3.8) is 0 Å². The van der Waals surface area contributed by atoms with Crippen LogP contribution < -0.4 is 5.32 Å². The quantitative estimate of drug-likeness (QED) is 0.202. The highest BCUT2D eigenvalue weighted by molar-refractivity contribution is 5.73. The molecule has 0 unspecified atom stereocenters. The largest absolute Gasteiger partial charge is 0.445 e. The monoisotopic (exact) mass is 1600 g/mol. The number of ether oxygens (including phenoxy) is 2. The first-order chi connectivity index (χ1) is 54.3. The van der Waals surface area contributed by atoms with Crippen LogP contribution in [0, 0.1) is 88.8 Å². The lowest BCUT2D eigenvalue weighted by Gasteiger charge is -2.42. The maximum absolute atomic E-state index is 12.4. The van der Waals surface area contributed by atoms with Gasteiger partial charge in [0.25, 0.3) is 0 Å². The molecule has 1 aromatic carbocycles. The summed E-state index contributed by atoms with van der Waals surface area (Å²) in [6.45, 7) is 93.3. The predicted octanol–water partition coefficient (Wildman–Crippen LogP) is 12.0. The Morgan fingerprint density at radius 3 is 1.03 bits per heavy atom. The van der Waals surface area contributed by atoms with Crippen LogP contribution in [-0.2, 0) is 20.9 Å². The fourth-order valence-electron chi connectivity index (χ4n) is 23.0. The Kier molecular flexibility index (Phi) is 31.8. The van der Waals surface area contributed by atoms with Crippen LogP contribution in [0.5, 0.6) is 0 Å². The first-order valence-electron chi connectivity index (χ1n) is 47.7. The van der Waals surface area contributed by atoms with Gasteiger partial charge in [0.15, 0.2) is 0 Å². The third kappa shape index (κ3) is 26.5. The number of carbonyl (C=O) groups excluding carboxylic acids is 2. The number of nitrogens with zero attached hydrogens (tertiary/aromatic N) is 14. The van der Waals surface area contributed by atoms with Crippen molar-refractivity contribution in [1.82, 2.24) is 73.9 Å². The second-order valence-corrected chi connectivity index (χ2v) is 46.0. The van der Waals surface area contributed by atoms with Crippen molar-refractivity contribution in [2.75, 3.05) is 249 Å². The number of nitrogens with one attached hydrogen (secondary N) is 1. The van der Waals surface area contributed by atoms with Gasteiger partial charge in [-0.25, -0.2) is 4.79 Å². The van der Waals surface area contributed by atoms with Gasteiger partial charge in [0.05, 0.1) is 13.2 Å². The smallest absolute Gasteiger partial charge is 0.410 e. The van der Waals surface area contributed by atoms with Gasteiger partial charge in [0.2, 0.25) is 5.91 Å². The van der Waals surface area contributed by atoms with Crippen LogP contribution in [-0.4, -0.2) is 363 Å². The Labute approximate surface area is 704 Å². The van der Waals surface area contributed by atoms with Crippen LogP contribution in [0.4, 0.5) is 4.79 Å². The fourth-order valence-corrected chi connectivity index (χ4v) is 23.0. The molecule has 0 bridgehead atoms. The average molecular weight is 1600 g/mol. The van der Waals surface area contributed by atoms with E-state index in [0.29, 0.717) is 45.8 Å². The molecule has 0 spiro atoms. The van der Waals surface area contributed by atoms with E-state index in [1.807, 2.05) is 40.1 Å². The molecule has 2 amide bonds. The van der Waals surface area contributed by atoms with Crippen molar-refractivity contribution in [3.8, 4) is 0 Å². The van der Waals surface area contributed by atoms with Crippen LogP contribution in [0.2, 0.25) is 0 Å². The van der Waals surface area contributed by atoms with Crippen molar-refractivity contribution in [2.24, 2.45) is 88.8 Å². The summed E-state index contributed by atoms with van der Waals surface area (Å²) in [7, 11) is 0. The molecule has 16 fully saturated rings. The van der Waals surface area contributed by atoms with E-state index in [1.54, 1.807) is 6.92 Å². The molecule has 1 saturated carbocycles. The van der Waals surface area contributed by atoms with E-state index in [2.05, 4.69) is 196 Å². The highest BCUT2D eigenvalue weighted by Gasteiger charge is 2.49. The van der Waals surface area contributed by atoms with Gasteiger partial charge in [-0.15, -0.1) is 0 Å². The maximum atomic E-state index is 12.4. The molecule has 1 aromatic rings. The highest BCUT2D eigenvalue weighted by atomic mass is 16.6. The molecule has 16 aliphatic rings. The van der Waals surface area contributed by atoms with Crippen molar-refractivity contribution in [3.05, 3.63) is 35.9 Å². The van der Waals surface area contributed by atoms with Crippen molar-refractivity contribution in [1.29, 1.82) is 0 Å². The first kappa shape index (κ1) is 91.6. The zero-order valence-corrected chi connectivity index (χ0v) is 77.7. The van der Waals surface area contributed by atoms with Crippen LogP contribution >= 0.6 is 0 Å². The minimum atomic E-state index is -0.162. The molecule has 17 rings (SSSR count). The Hall–Kier alpha value is -2.60. The Balaban J connectivity index is 0.000000130. The molecular weight excluding hydrogens is 1430 g/mol. The summed E-state index contributed by atoms with van der Waals surface area (Å²) in [5.74, 6) is 13.9. The Bertz CT molecular complexity index is 3020. The van der Waals surface area contributed by atoms with Crippen LogP contribution in [0.25, 0.3) is 0 Å². The van der Waals surface area contributed by atoms with E-state index in [0.717, 1.165) is 154 Å². The van der Waals surface area contributed by atoms with Gasteiger partial charge in [0, 0.05) is 236 Å². The summed E-state index contributed by atoms with van der Waals surface area (Å²) >= 11 is 0. The molecule has 1 aliphatic carbocycles. The van der Waals surface area contributed by atoms with Gasteiger partial charge in [-0.1, -0.05) is 37.3 Å². The van der Waals surface area contributed by atoms with Crippen LogP contribution in [0.1, 0.15) is 195 Å². The summed E-state index contributed by atoms with van der Waals surface area (Å²) in [6.07, 6.45) is 10.1. The van der Waals surface area contributed by atoms with Gasteiger partial charge in [-0.2, -0.15) is 0 Å². The lowest BCUT2D eigenvalue weighted by Crippen LogP contribution is -2.49. The minimum Gasteiger partial charge on any atom is -0.445 e. The van der Waals surface area contributed by atoms with Gasteiger partial charge >= 0.3 is 6.09 Å². The Morgan fingerprint density at radius 1 is 0.357 bits per heavy atom. The number of morpholine rings is 1. The third-order valence-corrected chi connectivity index (χ3v) is 31.1. The number of rotatable bonds is 13. The fraction of sp³-hybridized carbons (Fsp3) is 0.917. The normalized spacial score (nSPS) is 32.3. The number of fused-ring (bicyclic) bond motifs is 6. The molecule has 15 saturated heterocycles. The third-order valence-electron chi connectivity index (χ3n) is 31.1. The van der Waals surface area contributed by atoms with Gasteiger partial charge in [0.1, 0.15) is 6.61 Å². The summed E-state index contributed by atoms with van der Waals surface area (Å²) in [5, 5.41) is 3.51.